The first-order chi connectivity index (χ1) is 16.4. The Kier molecular flexibility index (Phi) is 6.55. The molecule has 1 aliphatic carbocycles. The van der Waals surface area contributed by atoms with E-state index in [2.05, 4.69) is 29.6 Å². The van der Waals surface area contributed by atoms with Gasteiger partial charge in [0.25, 0.3) is 0 Å². The third-order valence-corrected chi connectivity index (χ3v) is 9.87. The summed E-state index contributed by atoms with van der Waals surface area (Å²) in [6.07, 6.45) is 3.98. The minimum atomic E-state index is -3.53. The van der Waals surface area contributed by atoms with Gasteiger partial charge in [-0.2, -0.15) is 4.31 Å². The molecule has 1 amide bonds. The largest absolute Gasteiger partial charge is 0.302 e. The van der Waals surface area contributed by atoms with E-state index in [-0.39, 0.29) is 11.8 Å². The molecule has 1 atom stereocenters. The van der Waals surface area contributed by atoms with E-state index in [1.807, 2.05) is 25.1 Å². The molecule has 2 aromatic carbocycles. The predicted molar refractivity (Wildman–Crippen MR) is 135 cm³/mol. The average Bonchev–Trinajstić information content (AvgIpc) is 3.26. The van der Waals surface area contributed by atoms with Crippen LogP contribution in [0.25, 0.3) is 0 Å². The maximum absolute atomic E-state index is 12.9. The summed E-state index contributed by atoms with van der Waals surface area (Å²) in [5.74, 6) is 0.234. The van der Waals surface area contributed by atoms with Crippen molar-refractivity contribution in [1.29, 1.82) is 0 Å². The fourth-order valence-corrected chi connectivity index (χ4v) is 7.42. The van der Waals surface area contributed by atoms with Crippen molar-refractivity contribution in [3.05, 3.63) is 76.3 Å². The van der Waals surface area contributed by atoms with Crippen LogP contribution in [-0.2, 0) is 27.7 Å². The van der Waals surface area contributed by atoms with Gasteiger partial charge in [0.1, 0.15) is 0 Å². The summed E-state index contributed by atoms with van der Waals surface area (Å²) >= 11 is 1.58. The highest BCUT2D eigenvalue weighted by Gasteiger charge is 2.33. The third kappa shape index (κ3) is 4.80. The van der Waals surface area contributed by atoms with Crippen molar-refractivity contribution < 1.29 is 13.2 Å². The van der Waals surface area contributed by atoms with Crippen LogP contribution < -0.4 is 5.32 Å². The lowest BCUT2D eigenvalue weighted by molar-refractivity contribution is -0.120. The smallest absolute Gasteiger partial charge is 0.243 e. The van der Waals surface area contributed by atoms with Crippen LogP contribution in [0.15, 0.2) is 59.5 Å². The van der Waals surface area contributed by atoms with E-state index in [1.165, 1.54) is 14.7 Å². The number of aromatic nitrogens is 1. The summed E-state index contributed by atoms with van der Waals surface area (Å²) in [4.78, 5) is 19.2. The van der Waals surface area contributed by atoms with E-state index < -0.39 is 10.0 Å². The summed E-state index contributed by atoms with van der Waals surface area (Å²) in [6.45, 7) is 2.63. The first-order valence-electron chi connectivity index (χ1n) is 11.8. The van der Waals surface area contributed by atoms with Crippen molar-refractivity contribution >= 4 is 32.4 Å². The van der Waals surface area contributed by atoms with E-state index >= 15 is 0 Å². The summed E-state index contributed by atoms with van der Waals surface area (Å²) < 4.78 is 27.3. The van der Waals surface area contributed by atoms with Gasteiger partial charge in [0.05, 0.1) is 10.6 Å². The Balaban J connectivity index is 1.18. The molecule has 1 aromatic heterocycles. The number of nitrogens with one attached hydrogen (secondary N) is 1. The molecular formula is C26H29N3O3S2. The zero-order valence-corrected chi connectivity index (χ0v) is 20.9. The van der Waals surface area contributed by atoms with Crippen molar-refractivity contribution in [2.45, 2.75) is 49.8 Å². The number of fused-ring (bicyclic) bond motifs is 1. The van der Waals surface area contributed by atoms with Crippen LogP contribution in [0.4, 0.5) is 5.13 Å². The second-order valence-electron chi connectivity index (χ2n) is 9.22. The number of piperidine rings is 1. The van der Waals surface area contributed by atoms with E-state index in [1.54, 1.807) is 23.5 Å². The number of nitrogens with zero attached hydrogens (tertiary/aromatic N) is 2. The van der Waals surface area contributed by atoms with Gasteiger partial charge in [-0.25, -0.2) is 13.4 Å². The minimum Gasteiger partial charge on any atom is -0.302 e. The molecule has 0 spiro atoms. The third-order valence-electron chi connectivity index (χ3n) is 6.92. The normalized spacial score (nSPS) is 19.5. The van der Waals surface area contributed by atoms with E-state index in [0.717, 1.165) is 30.5 Å². The molecule has 3 aromatic rings. The molecule has 178 valence electrons. The monoisotopic (exact) mass is 495 g/mol. The number of sulfonamides is 1. The average molecular weight is 496 g/mol. The van der Waals surface area contributed by atoms with Gasteiger partial charge < -0.3 is 5.32 Å². The molecule has 1 fully saturated rings. The number of amides is 1. The SMILES string of the molecule is Cc1ccc(S(=O)(=O)N2CCC(C(=O)Nc3nc4c(s3)C[C@@H](c3ccccc3)CC4)CC2)cc1. The number of benzene rings is 2. The summed E-state index contributed by atoms with van der Waals surface area (Å²) in [5.41, 5.74) is 3.49. The molecule has 8 heteroatoms. The van der Waals surface area contributed by atoms with Crippen LogP contribution in [-0.4, -0.2) is 36.7 Å². The van der Waals surface area contributed by atoms with Crippen LogP contribution in [0.1, 0.15) is 46.9 Å². The van der Waals surface area contributed by atoms with Gasteiger partial charge in [-0.15, -0.1) is 11.3 Å². The molecule has 1 N–H and O–H groups in total. The molecule has 1 saturated heterocycles. The predicted octanol–water partition coefficient (Wildman–Crippen LogP) is 4.76. The molecular weight excluding hydrogens is 466 g/mol. The van der Waals surface area contributed by atoms with Gasteiger partial charge in [0.15, 0.2) is 5.13 Å². The highest BCUT2D eigenvalue weighted by atomic mass is 32.2. The molecule has 0 radical (unpaired) electrons. The van der Waals surface area contributed by atoms with Gasteiger partial charge >= 0.3 is 0 Å². The lowest BCUT2D eigenvalue weighted by Gasteiger charge is -2.30. The number of hydrogen-bond donors (Lipinski definition) is 1. The maximum atomic E-state index is 12.9. The van der Waals surface area contributed by atoms with Crippen LogP contribution in [0.5, 0.6) is 0 Å². The van der Waals surface area contributed by atoms with E-state index in [4.69, 9.17) is 4.98 Å². The molecule has 1 aliphatic heterocycles. The molecule has 2 aliphatic rings. The van der Waals surface area contributed by atoms with Gasteiger partial charge in [-0.3, -0.25) is 4.79 Å². The molecule has 0 unspecified atom stereocenters. The lowest BCUT2D eigenvalue weighted by atomic mass is 9.85. The van der Waals surface area contributed by atoms with Gasteiger partial charge in [0, 0.05) is 23.9 Å². The van der Waals surface area contributed by atoms with Crippen molar-refractivity contribution in [1.82, 2.24) is 9.29 Å². The molecule has 34 heavy (non-hydrogen) atoms. The fraction of sp³-hybridized carbons (Fsp3) is 0.385. The highest BCUT2D eigenvalue weighted by molar-refractivity contribution is 7.89. The molecule has 2 heterocycles. The zero-order chi connectivity index (χ0) is 23.7. The summed E-state index contributed by atoms with van der Waals surface area (Å²) in [6, 6.07) is 17.5. The summed E-state index contributed by atoms with van der Waals surface area (Å²) in [7, 11) is -3.53. The number of rotatable bonds is 5. The second-order valence-corrected chi connectivity index (χ2v) is 12.2. The Bertz CT molecular complexity index is 1260. The Morgan fingerprint density at radius 3 is 2.44 bits per heavy atom. The summed E-state index contributed by atoms with van der Waals surface area (Å²) in [5, 5.41) is 3.68. The number of aryl methyl sites for hydroxylation is 2. The molecule has 6 nitrogen and oxygen atoms in total. The number of thiazole rings is 1. The number of carbonyl (C=O) groups excluding carboxylic acids is 1. The Hall–Kier alpha value is -2.55. The van der Waals surface area contributed by atoms with Crippen LogP contribution in [0.2, 0.25) is 0 Å². The highest BCUT2D eigenvalue weighted by Crippen LogP contribution is 2.37. The number of carbonyl (C=O) groups is 1. The first kappa shape index (κ1) is 23.2. The van der Waals surface area contributed by atoms with Crippen molar-refractivity contribution in [2.24, 2.45) is 5.92 Å². The van der Waals surface area contributed by atoms with E-state index in [0.29, 0.717) is 41.9 Å². The standard InChI is InChI=1S/C26H29N3O3S2/c1-18-7-10-22(11-8-18)34(31,32)29-15-13-20(14-16-29)25(30)28-26-27-23-12-9-21(17-24(23)33-26)19-5-3-2-4-6-19/h2-8,10-11,20-21H,9,12-17H2,1H3,(H,27,28,30)/t21-/m0/s1. The van der Waals surface area contributed by atoms with Crippen LogP contribution >= 0.6 is 11.3 Å². The minimum absolute atomic E-state index is 0.0573. The number of hydrogen-bond acceptors (Lipinski definition) is 5. The topological polar surface area (TPSA) is 79.4 Å². The lowest BCUT2D eigenvalue weighted by Crippen LogP contribution is -2.41. The fourth-order valence-electron chi connectivity index (χ4n) is 4.86. The van der Waals surface area contributed by atoms with Crippen molar-refractivity contribution in [2.75, 3.05) is 18.4 Å². The van der Waals surface area contributed by atoms with Crippen molar-refractivity contribution in [3.8, 4) is 0 Å². The van der Waals surface area contributed by atoms with Gasteiger partial charge in [-0.05, 0) is 62.6 Å². The Morgan fingerprint density at radius 2 is 1.74 bits per heavy atom. The quantitative estimate of drug-likeness (QED) is 0.553. The van der Waals surface area contributed by atoms with Crippen LogP contribution in [0.3, 0.4) is 0 Å². The molecule has 5 rings (SSSR count). The second kappa shape index (κ2) is 9.60. The zero-order valence-electron chi connectivity index (χ0n) is 19.2. The Morgan fingerprint density at radius 1 is 1.03 bits per heavy atom. The Labute approximate surface area is 205 Å². The van der Waals surface area contributed by atoms with Gasteiger partial charge in [0.2, 0.25) is 15.9 Å². The molecule has 0 saturated carbocycles. The van der Waals surface area contributed by atoms with E-state index in [9.17, 15) is 13.2 Å². The van der Waals surface area contributed by atoms with Crippen molar-refractivity contribution in [3.63, 3.8) is 0 Å². The van der Waals surface area contributed by atoms with Crippen LogP contribution in [0, 0.1) is 12.8 Å². The first-order valence-corrected chi connectivity index (χ1v) is 14.1. The maximum Gasteiger partial charge on any atom is 0.243 e. The number of anilines is 1. The molecule has 0 bridgehead atoms. The van der Waals surface area contributed by atoms with Gasteiger partial charge in [-0.1, -0.05) is 48.0 Å².